The number of carbonyl (C=O) groups excluding carboxylic acids is 2. The van der Waals surface area contributed by atoms with E-state index in [9.17, 15) is 26.4 Å². The quantitative estimate of drug-likeness (QED) is 0.491. The Kier molecular flexibility index (Phi) is 5.86. The van der Waals surface area contributed by atoms with Crippen LogP contribution in [0.3, 0.4) is 0 Å². The fourth-order valence-corrected chi connectivity index (χ4v) is 9.72. The number of anilines is 1. The zero-order valence-electron chi connectivity index (χ0n) is 20.0. The summed E-state index contributed by atoms with van der Waals surface area (Å²) in [5.41, 5.74) is 0.271. The number of nitrogens with one attached hydrogen (secondary N) is 2. The molecule has 7 rings (SSSR count). The SMILES string of the molecule is CS(=O)(=O)NCc1csc2c1S(=O)(=O)N=C(C1C(=O)C3C4CCC(CC4)C3N(CCC3CC3)C1=O)N2. The molecule has 1 aromatic rings. The van der Waals surface area contributed by atoms with E-state index in [4.69, 9.17) is 0 Å². The Labute approximate surface area is 215 Å². The molecule has 2 N–H and O–H groups in total. The van der Waals surface area contributed by atoms with Gasteiger partial charge in [-0.25, -0.2) is 13.1 Å². The van der Waals surface area contributed by atoms with E-state index in [0.717, 1.165) is 49.7 Å². The van der Waals surface area contributed by atoms with Crippen molar-refractivity contribution in [2.45, 2.75) is 62.4 Å². The maximum Gasteiger partial charge on any atom is 0.287 e. The third-order valence-electron chi connectivity index (χ3n) is 8.49. The fraction of sp³-hybridized carbons (Fsp3) is 0.696. The third kappa shape index (κ3) is 4.21. The fourth-order valence-electron chi connectivity index (χ4n) is 6.65. The van der Waals surface area contributed by atoms with Gasteiger partial charge in [-0.3, -0.25) is 9.59 Å². The summed E-state index contributed by atoms with van der Waals surface area (Å²) >= 11 is 1.09. The number of fused-ring (bicyclic) bond motifs is 3. The van der Waals surface area contributed by atoms with E-state index < -0.39 is 26.0 Å². The number of sulfonamides is 2. The Morgan fingerprint density at radius 2 is 1.83 bits per heavy atom. The van der Waals surface area contributed by atoms with Gasteiger partial charge in [-0.05, 0) is 55.2 Å². The third-order valence-corrected chi connectivity index (χ3v) is 11.6. The molecular weight excluding hydrogens is 524 g/mol. The number of amides is 1. The molecule has 36 heavy (non-hydrogen) atoms. The minimum atomic E-state index is -4.24. The van der Waals surface area contributed by atoms with Gasteiger partial charge in [0.05, 0.1) is 6.26 Å². The van der Waals surface area contributed by atoms with Gasteiger partial charge in [0.15, 0.2) is 11.7 Å². The predicted octanol–water partition coefficient (Wildman–Crippen LogP) is 1.94. The molecule has 0 spiro atoms. The second-order valence-electron chi connectivity index (χ2n) is 10.9. The van der Waals surface area contributed by atoms with Gasteiger partial charge in [0.1, 0.15) is 15.7 Å². The summed E-state index contributed by atoms with van der Waals surface area (Å²) in [6.07, 6.45) is 8.27. The van der Waals surface area contributed by atoms with Crippen molar-refractivity contribution in [3.05, 3.63) is 10.9 Å². The summed E-state index contributed by atoms with van der Waals surface area (Å²) in [7, 11) is -7.76. The number of rotatable bonds is 7. The summed E-state index contributed by atoms with van der Waals surface area (Å²) < 4.78 is 55.7. The van der Waals surface area contributed by atoms with Crippen molar-refractivity contribution in [2.24, 2.45) is 34.0 Å². The van der Waals surface area contributed by atoms with Crippen LogP contribution in [0.5, 0.6) is 0 Å². The summed E-state index contributed by atoms with van der Waals surface area (Å²) in [6, 6.07) is -0.0840. The molecule has 10 nitrogen and oxygen atoms in total. The molecule has 2 bridgehead atoms. The first-order chi connectivity index (χ1) is 17.0. The number of carbonyl (C=O) groups is 2. The average molecular weight is 555 g/mol. The first kappa shape index (κ1) is 24.5. The van der Waals surface area contributed by atoms with Gasteiger partial charge in [-0.15, -0.1) is 15.7 Å². The first-order valence-electron chi connectivity index (χ1n) is 12.5. The summed E-state index contributed by atoms with van der Waals surface area (Å²) in [4.78, 5) is 29.5. The van der Waals surface area contributed by atoms with Crippen LogP contribution in [0.2, 0.25) is 0 Å². The lowest BCUT2D eigenvalue weighted by Crippen LogP contribution is -2.66. The normalized spacial score (nSPS) is 33.1. The maximum atomic E-state index is 13.9. The van der Waals surface area contributed by atoms with E-state index in [1.807, 2.05) is 4.90 Å². The molecule has 4 aliphatic carbocycles. The lowest BCUT2D eigenvalue weighted by molar-refractivity contribution is -0.161. The Bertz CT molecular complexity index is 1360. The van der Waals surface area contributed by atoms with Crippen molar-refractivity contribution >= 4 is 53.9 Å². The van der Waals surface area contributed by atoms with Crippen molar-refractivity contribution in [1.29, 1.82) is 0 Å². The van der Waals surface area contributed by atoms with Crippen LogP contribution in [0.1, 0.15) is 50.5 Å². The van der Waals surface area contributed by atoms with Gasteiger partial charge in [0.25, 0.3) is 10.0 Å². The van der Waals surface area contributed by atoms with Crippen LogP contribution in [-0.2, 0) is 36.2 Å². The highest BCUT2D eigenvalue weighted by Crippen LogP contribution is 2.51. The second kappa shape index (κ2) is 8.60. The smallest absolute Gasteiger partial charge is 0.287 e. The van der Waals surface area contributed by atoms with Gasteiger partial charge in [-0.2, -0.15) is 8.42 Å². The van der Waals surface area contributed by atoms with Gasteiger partial charge in [0.2, 0.25) is 15.9 Å². The molecule has 13 heteroatoms. The lowest BCUT2D eigenvalue weighted by atomic mass is 9.57. The number of ketones is 1. The minimum absolute atomic E-state index is 0.0840. The van der Waals surface area contributed by atoms with Crippen LogP contribution >= 0.6 is 11.3 Å². The highest BCUT2D eigenvalue weighted by Gasteiger charge is 2.58. The molecule has 3 atom stereocenters. The first-order valence-corrected chi connectivity index (χ1v) is 16.8. The van der Waals surface area contributed by atoms with Crippen LogP contribution in [0, 0.1) is 29.6 Å². The summed E-state index contributed by atoms with van der Waals surface area (Å²) in [5.74, 6) is -1.02. The number of hydrogen-bond donors (Lipinski definition) is 2. The highest BCUT2D eigenvalue weighted by atomic mass is 32.2. The van der Waals surface area contributed by atoms with Gasteiger partial charge < -0.3 is 10.2 Å². The largest absolute Gasteiger partial charge is 0.338 e. The van der Waals surface area contributed by atoms with Crippen LogP contribution < -0.4 is 10.0 Å². The van der Waals surface area contributed by atoms with Gasteiger partial charge in [-0.1, -0.05) is 12.8 Å². The number of nitrogens with zero attached hydrogens (tertiary/aromatic N) is 2. The zero-order valence-corrected chi connectivity index (χ0v) is 22.4. The molecule has 4 saturated carbocycles. The second-order valence-corrected chi connectivity index (χ2v) is 15.1. The lowest BCUT2D eigenvalue weighted by Gasteiger charge is -2.55. The van der Waals surface area contributed by atoms with Crippen molar-refractivity contribution in [3.63, 3.8) is 0 Å². The van der Waals surface area contributed by atoms with E-state index in [1.165, 1.54) is 12.8 Å². The number of hydrogen-bond acceptors (Lipinski definition) is 8. The predicted molar refractivity (Wildman–Crippen MR) is 135 cm³/mol. The van der Waals surface area contributed by atoms with Crippen molar-refractivity contribution in [1.82, 2.24) is 9.62 Å². The van der Waals surface area contributed by atoms with Crippen molar-refractivity contribution in [2.75, 3.05) is 18.1 Å². The number of thiophene rings is 1. The highest BCUT2D eigenvalue weighted by molar-refractivity contribution is 7.91. The van der Waals surface area contributed by atoms with Crippen LogP contribution in [-0.4, -0.2) is 58.1 Å². The molecule has 1 amide bonds. The zero-order chi connectivity index (χ0) is 25.4. The maximum absolute atomic E-state index is 13.9. The Morgan fingerprint density at radius 3 is 2.50 bits per heavy atom. The van der Waals surface area contributed by atoms with Gasteiger partial charge in [0, 0.05) is 30.6 Å². The average Bonchev–Trinajstić information content (AvgIpc) is 3.54. The van der Waals surface area contributed by atoms with E-state index >= 15 is 0 Å². The molecule has 1 aromatic heterocycles. The number of likely N-dealkylation sites (tertiary alicyclic amines) is 1. The Hall–Kier alpha value is -1.83. The standard InChI is InChI=1S/C23H30N4O6S3/c1-35(30,31)24-10-15-11-34-22-20(15)36(32,33)26-21(25-22)17-19(28)16-13-4-6-14(7-5-13)18(16)27(23(17)29)9-8-12-2-3-12/h11-14,16-18,24H,2-10H2,1H3,(H,25,26). The molecule has 3 heterocycles. The van der Waals surface area contributed by atoms with Crippen molar-refractivity contribution < 1.29 is 26.4 Å². The number of Topliss-reactive ketones (excluding diaryl/α,β-unsaturated/α-hetero) is 1. The van der Waals surface area contributed by atoms with E-state index in [1.54, 1.807) is 5.38 Å². The Balaban J connectivity index is 1.34. The summed E-state index contributed by atoms with van der Waals surface area (Å²) in [6.45, 7) is 0.406. The molecule has 3 unspecified atom stereocenters. The van der Waals surface area contributed by atoms with Crippen LogP contribution in [0.25, 0.3) is 0 Å². The topological polar surface area (TPSA) is 142 Å². The summed E-state index contributed by atoms with van der Waals surface area (Å²) in [5, 5.41) is 4.78. The molecule has 1 saturated heterocycles. The molecule has 0 radical (unpaired) electrons. The number of piperidine rings is 1. The molecule has 196 valence electrons. The minimum Gasteiger partial charge on any atom is -0.338 e. The molecule has 2 aliphatic heterocycles. The molecule has 0 aromatic carbocycles. The monoisotopic (exact) mass is 554 g/mol. The van der Waals surface area contributed by atoms with E-state index in [2.05, 4.69) is 14.4 Å². The Morgan fingerprint density at radius 1 is 1.14 bits per heavy atom. The van der Waals surface area contributed by atoms with E-state index in [-0.39, 0.29) is 57.4 Å². The number of amidine groups is 1. The van der Waals surface area contributed by atoms with Gasteiger partial charge >= 0.3 is 0 Å². The molecule has 5 fully saturated rings. The van der Waals surface area contributed by atoms with E-state index in [0.29, 0.717) is 18.4 Å². The molecule has 6 aliphatic rings. The molecular formula is C23H30N4O6S3. The van der Waals surface area contributed by atoms with Crippen molar-refractivity contribution in [3.8, 4) is 0 Å². The van der Waals surface area contributed by atoms with Crippen LogP contribution in [0.4, 0.5) is 5.00 Å². The van der Waals surface area contributed by atoms with Crippen LogP contribution in [0.15, 0.2) is 14.7 Å².